The molecule has 1 saturated heterocycles. The van der Waals surface area contributed by atoms with Gasteiger partial charge in [-0.1, -0.05) is 12.1 Å². The predicted molar refractivity (Wildman–Crippen MR) is 131 cm³/mol. The number of hydrogen-bond donors (Lipinski definition) is 1. The average Bonchev–Trinajstić information content (AvgIpc) is 3.59. The van der Waals surface area contributed by atoms with Gasteiger partial charge in [-0.2, -0.15) is 5.26 Å². The summed E-state index contributed by atoms with van der Waals surface area (Å²) in [5.74, 6) is 1.08. The van der Waals surface area contributed by atoms with Crippen LogP contribution in [0.25, 0.3) is 11.3 Å². The summed E-state index contributed by atoms with van der Waals surface area (Å²) in [4.78, 5) is 13.1. The van der Waals surface area contributed by atoms with Gasteiger partial charge in [0.05, 0.1) is 27.1 Å². The lowest BCUT2D eigenvalue weighted by atomic mass is 10.0. The Labute approximate surface area is 200 Å². The summed E-state index contributed by atoms with van der Waals surface area (Å²) in [6.45, 7) is 3.17. The molecular weight excluding hydrogens is 442 g/mol. The van der Waals surface area contributed by atoms with Crippen LogP contribution in [0.1, 0.15) is 60.9 Å². The van der Waals surface area contributed by atoms with Crippen molar-refractivity contribution >= 4 is 15.7 Å². The SMILES string of the molecule is C[C@@H]1CCN1c1nc2c(c(-c3cccc(S(=N)(=O)c4ccc(C#N)cc4C4CC4)c3)n1)CCC2. The van der Waals surface area contributed by atoms with Crippen LogP contribution >= 0.6 is 0 Å². The van der Waals surface area contributed by atoms with E-state index in [1.54, 1.807) is 18.2 Å². The first-order chi connectivity index (χ1) is 16.5. The third-order valence-corrected chi connectivity index (χ3v) is 9.31. The molecule has 34 heavy (non-hydrogen) atoms. The van der Waals surface area contributed by atoms with Crippen LogP contribution in [0.5, 0.6) is 0 Å². The summed E-state index contributed by atoms with van der Waals surface area (Å²) in [6.07, 6.45) is 6.17. The molecule has 2 atom stereocenters. The van der Waals surface area contributed by atoms with Gasteiger partial charge in [0.2, 0.25) is 5.95 Å². The summed E-state index contributed by atoms with van der Waals surface area (Å²) in [7, 11) is -3.24. The third kappa shape index (κ3) is 3.48. The Balaban J connectivity index is 1.45. The van der Waals surface area contributed by atoms with Crippen LogP contribution in [0.2, 0.25) is 0 Å². The van der Waals surface area contributed by atoms with Gasteiger partial charge in [-0.25, -0.2) is 19.0 Å². The van der Waals surface area contributed by atoms with Crippen LogP contribution in [-0.4, -0.2) is 26.8 Å². The van der Waals surface area contributed by atoms with Crippen molar-refractivity contribution in [3.63, 3.8) is 0 Å². The number of hydrogen-bond acceptors (Lipinski definition) is 6. The molecule has 1 aromatic heterocycles. The van der Waals surface area contributed by atoms with Gasteiger partial charge in [-0.15, -0.1) is 0 Å². The van der Waals surface area contributed by atoms with Gasteiger partial charge in [-0.3, -0.25) is 0 Å². The molecule has 0 amide bonds. The van der Waals surface area contributed by atoms with Crippen LogP contribution < -0.4 is 4.90 Å². The fourth-order valence-corrected chi connectivity index (χ4v) is 6.78. The van der Waals surface area contributed by atoms with E-state index >= 15 is 0 Å². The molecule has 7 heteroatoms. The minimum absolute atomic E-state index is 0.295. The monoisotopic (exact) mass is 469 g/mol. The normalized spacial score (nSPS) is 20.8. The van der Waals surface area contributed by atoms with Crippen molar-refractivity contribution in [2.24, 2.45) is 0 Å². The van der Waals surface area contributed by atoms with Gasteiger partial charge >= 0.3 is 0 Å². The molecule has 0 radical (unpaired) electrons. The number of anilines is 1. The van der Waals surface area contributed by atoms with E-state index in [-0.39, 0.29) is 0 Å². The van der Waals surface area contributed by atoms with E-state index in [1.165, 1.54) is 5.56 Å². The average molecular weight is 470 g/mol. The zero-order valence-electron chi connectivity index (χ0n) is 19.3. The van der Waals surface area contributed by atoms with Crippen LogP contribution in [0, 0.1) is 16.1 Å². The molecule has 1 unspecified atom stereocenters. The van der Waals surface area contributed by atoms with Crippen molar-refractivity contribution in [3.05, 3.63) is 64.8 Å². The minimum Gasteiger partial charge on any atom is -0.338 e. The number of benzene rings is 2. The third-order valence-electron chi connectivity index (χ3n) is 7.40. The quantitative estimate of drug-likeness (QED) is 0.537. The van der Waals surface area contributed by atoms with E-state index < -0.39 is 9.73 Å². The second kappa shape index (κ2) is 7.92. The Morgan fingerprint density at radius 1 is 1.12 bits per heavy atom. The number of aromatic nitrogens is 2. The van der Waals surface area contributed by atoms with Gasteiger partial charge in [0.1, 0.15) is 9.73 Å². The van der Waals surface area contributed by atoms with E-state index in [0.717, 1.165) is 73.5 Å². The number of nitrogens with one attached hydrogen (secondary N) is 1. The lowest BCUT2D eigenvalue weighted by Gasteiger charge is -2.39. The Kier molecular flexibility index (Phi) is 4.96. The molecule has 0 spiro atoms. The molecular formula is C27H27N5OS. The first-order valence-electron chi connectivity index (χ1n) is 12.1. The number of aryl methyl sites for hydroxylation is 1. The second-order valence-electron chi connectivity index (χ2n) is 9.70. The zero-order valence-corrected chi connectivity index (χ0v) is 20.1. The highest BCUT2D eigenvalue weighted by atomic mass is 32.2. The highest BCUT2D eigenvalue weighted by Crippen LogP contribution is 2.44. The number of nitrogens with zero attached hydrogens (tertiary/aromatic N) is 4. The molecule has 2 aliphatic carbocycles. The molecule has 3 aliphatic rings. The molecule has 6 nitrogen and oxygen atoms in total. The maximum atomic E-state index is 14.0. The molecule has 1 saturated carbocycles. The molecule has 1 aliphatic heterocycles. The van der Waals surface area contributed by atoms with E-state index in [9.17, 15) is 9.47 Å². The molecule has 6 rings (SSSR count). The van der Waals surface area contributed by atoms with E-state index in [0.29, 0.717) is 27.3 Å². The van der Waals surface area contributed by atoms with Gasteiger partial charge in [0, 0.05) is 29.4 Å². The summed E-state index contributed by atoms with van der Waals surface area (Å²) in [5, 5.41) is 9.33. The van der Waals surface area contributed by atoms with Crippen molar-refractivity contribution < 1.29 is 4.21 Å². The van der Waals surface area contributed by atoms with Crippen LogP contribution in [0.15, 0.2) is 52.3 Å². The summed E-state index contributed by atoms with van der Waals surface area (Å²) < 4.78 is 23.0. The summed E-state index contributed by atoms with van der Waals surface area (Å²) in [6, 6.07) is 15.4. The smallest absolute Gasteiger partial charge is 0.226 e. The van der Waals surface area contributed by atoms with Crippen LogP contribution in [-0.2, 0) is 22.6 Å². The van der Waals surface area contributed by atoms with Crippen molar-refractivity contribution in [1.82, 2.24) is 9.97 Å². The van der Waals surface area contributed by atoms with E-state index in [2.05, 4.69) is 17.9 Å². The van der Waals surface area contributed by atoms with Crippen molar-refractivity contribution in [2.45, 2.75) is 67.2 Å². The first-order valence-corrected chi connectivity index (χ1v) is 13.6. The van der Waals surface area contributed by atoms with Gasteiger partial charge in [0.25, 0.3) is 0 Å². The Morgan fingerprint density at radius 2 is 1.97 bits per heavy atom. The molecule has 1 N–H and O–H groups in total. The Morgan fingerprint density at radius 3 is 2.68 bits per heavy atom. The fraction of sp³-hybridized carbons (Fsp3) is 0.370. The summed E-state index contributed by atoms with van der Waals surface area (Å²) in [5.41, 5.74) is 5.56. The highest BCUT2D eigenvalue weighted by molar-refractivity contribution is 7.92. The predicted octanol–water partition coefficient (Wildman–Crippen LogP) is 5.44. The minimum atomic E-state index is -3.24. The number of nitriles is 1. The molecule has 2 fully saturated rings. The van der Waals surface area contributed by atoms with Crippen LogP contribution in [0.4, 0.5) is 5.95 Å². The Hall–Kier alpha value is -3.24. The highest BCUT2D eigenvalue weighted by Gasteiger charge is 2.31. The van der Waals surface area contributed by atoms with E-state index in [1.807, 2.05) is 24.3 Å². The van der Waals surface area contributed by atoms with Crippen molar-refractivity contribution in [3.8, 4) is 17.3 Å². The molecule has 0 bridgehead atoms. The van der Waals surface area contributed by atoms with Gasteiger partial charge < -0.3 is 4.90 Å². The molecule has 3 aromatic rings. The maximum absolute atomic E-state index is 14.0. The maximum Gasteiger partial charge on any atom is 0.226 e. The molecule has 2 aromatic carbocycles. The molecule has 2 heterocycles. The number of rotatable bonds is 5. The largest absolute Gasteiger partial charge is 0.338 e. The lowest BCUT2D eigenvalue weighted by Crippen LogP contribution is -2.46. The topological polar surface area (TPSA) is 93.7 Å². The first kappa shape index (κ1) is 21.3. The van der Waals surface area contributed by atoms with Gasteiger partial charge in [-0.05, 0) is 87.3 Å². The zero-order chi connectivity index (χ0) is 23.4. The van der Waals surface area contributed by atoms with Crippen LogP contribution in [0.3, 0.4) is 0 Å². The van der Waals surface area contributed by atoms with E-state index in [4.69, 9.17) is 14.7 Å². The fourth-order valence-electron chi connectivity index (χ4n) is 5.14. The standard InChI is InChI=1S/C27H27N5OS/c1-17-12-13-32(17)27-30-24-7-3-6-22(24)26(31-27)20-4-2-5-21(15-20)34(29,33)25-11-8-18(16-28)14-23(25)19-9-10-19/h2,4-5,8,11,14-15,17,19,29H,3,6-7,9-10,12-13H2,1H3/t17-,34?/m1/s1. The molecule has 172 valence electrons. The Bertz CT molecular complexity index is 1450. The number of fused-ring (bicyclic) bond motifs is 1. The van der Waals surface area contributed by atoms with Crippen molar-refractivity contribution in [2.75, 3.05) is 11.4 Å². The second-order valence-corrected chi connectivity index (χ2v) is 11.7. The van der Waals surface area contributed by atoms with Gasteiger partial charge in [0.15, 0.2) is 0 Å². The lowest BCUT2D eigenvalue weighted by molar-refractivity contribution is 0.470. The van der Waals surface area contributed by atoms with Crippen molar-refractivity contribution in [1.29, 1.82) is 10.0 Å². The summed E-state index contributed by atoms with van der Waals surface area (Å²) >= 11 is 0.